The van der Waals surface area contributed by atoms with Crippen molar-refractivity contribution in [3.8, 4) is 11.1 Å². The van der Waals surface area contributed by atoms with Gasteiger partial charge in [-0.3, -0.25) is 9.80 Å². The van der Waals surface area contributed by atoms with Crippen LogP contribution in [0.3, 0.4) is 0 Å². The number of rotatable bonds is 4. The first-order chi connectivity index (χ1) is 17.6. The Morgan fingerprint density at radius 2 is 1.54 bits per heavy atom. The molecule has 4 nitrogen and oxygen atoms in total. The summed E-state index contributed by atoms with van der Waals surface area (Å²) < 4.78 is 88.0. The monoisotopic (exact) mass is 520 g/mol. The van der Waals surface area contributed by atoms with Gasteiger partial charge in [-0.15, -0.1) is 0 Å². The fourth-order valence-electron chi connectivity index (χ4n) is 4.95. The zero-order valence-corrected chi connectivity index (χ0v) is 19.5. The highest BCUT2D eigenvalue weighted by atomic mass is 19.4. The van der Waals surface area contributed by atoms with Crippen LogP contribution < -0.4 is 4.90 Å². The number of piperidine rings is 1. The van der Waals surface area contributed by atoms with E-state index in [9.17, 15) is 31.1 Å². The molecule has 2 saturated heterocycles. The van der Waals surface area contributed by atoms with Crippen molar-refractivity contribution >= 4 is 11.8 Å². The summed E-state index contributed by atoms with van der Waals surface area (Å²) in [7, 11) is 0. The molecule has 1 spiro atoms. The molecule has 0 aliphatic carbocycles. The smallest absolute Gasteiger partial charge is 0.416 e. The number of likely N-dealkylation sites (tertiary alicyclic amines) is 1. The average Bonchev–Trinajstić information content (AvgIpc) is 3.20. The molecule has 3 aromatic carbocycles. The molecule has 37 heavy (non-hydrogen) atoms. The Morgan fingerprint density at radius 1 is 0.865 bits per heavy atom. The second-order valence-corrected chi connectivity index (χ2v) is 9.34. The fraction of sp³-hybridized carbons (Fsp3) is 0.296. The van der Waals surface area contributed by atoms with Crippen LogP contribution in [0.25, 0.3) is 11.1 Å². The molecule has 0 unspecified atom stereocenters. The number of para-hydroxylation sites is 1. The van der Waals surface area contributed by atoms with Crippen molar-refractivity contribution in [1.82, 2.24) is 4.90 Å². The zero-order valence-electron chi connectivity index (χ0n) is 19.5. The number of amides is 1. The van der Waals surface area contributed by atoms with Crippen molar-refractivity contribution in [2.75, 3.05) is 24.5 Å². The summed E-state index contributed by atoms with van der Waals surface area (Å²) in [5.74, 6) is -4.53. The molecule has 2 aliphatic heterocycles. The molecule has 10 heteroatoms. The normalized spacial score (nSPS) is 17.9. The summed E-state index contributed by atoms with van der Waals surface area (Å²) in [5.41, 5.74) is -1.07. The molecule has 194 valence electrons. The number of ether oxygens (including phenoxy) is 1. The van der Waals surface area contributed by atoms with E-state index in [2.05, 4.69) is 0 Å². The lowest BCUT2D eigenvalue weighted by Gasteiger charge is -2.37. The Balaban J connectivity index is 1.37. The predicted molar refractivity (Wildman–Crippen MR) is 124 cm³/mol. The van der Waals surface area contributed by atoms with E-state index in [1.807, 2.05) is 35.2 Å². The Bertz CT molecular complexity index is 1320. The minimum Gasteiger partial charge on any atom is -0.441 e. The van der Waals surface area contributed by atoms with E-state index in [0.29, 0.717) is 38.2 Å². The maximum Gasteiger partial charge on any atom is 0.416 e. The second-order valence-electron chi connectivity index (χ2n) is 9.34. The summed E-state index contributed by atoms with van der Waals surface area (Å²) in [4.78, 5) is 16.0. The van der Waals surface area contributed by atoms with Crippen LogP contribution in [0.2, 0.25) is 0 Å². The van der Waals surface area contributed by atoms with Crippen molar-refractivity contribution in [2.24, 2.45) is 0 Å². The Morgan fingerprint density at radius 3 is 2.22 bits per heavy atom. The third-order valence-electron chi connectivity index (χ3n) is 6.96. The molecule has 0 radical (unpaired) electrons. The fourth-order valence-corrected chi connectivity index (χ4v) is 4.95. The Kier molecular flexibility index (Phi) is 6.39. The summed E-state index contributed by atoms with van der Waals surface area (Å²) >= 11 is 0. The predicted octanol–water partition coefficient (Wildman–Crippen LogP) is 6.78. The summed E-state index contributed by atoms with van der Waals surface area (Å²) in [6, 6.07) is 13.6. The van der Waals surface area contributed by atoms with Gasteiger partial charge < -0.3 is 4.74 Å². The molecule has 2 aliphatic rings. The van der Waals surface area contributed by atoms with Crippen LogP contribution in [-0.2, 0) is 17.5 Å². The molecule has 2 fully saturated rings. The van der Waals surface area contributed by atoms with Crippen LogP contribution in [0.4, 0.5) is 36.8 Å². The number of nitrogens with zero attached hydrogens (tertiary/aromatic N) is 2. The number of carbonyl (C=O) groups is 1. The van der Waals surface area contributed by atoms with Crippen LogP contribution >= 0.6 is 0 Å². The number of anilines is 1. The van der Waals surface area contributed by atoms with Crippen LogP contribution in [-0.4, -0.2) is 36.2 Å². The number of hydrogen-bond acceptors (Lipinski definition) is 3. The molecule has 1 amide bonds. The van der Waals surface area contributed by atoms with E-state index >= 15 is 0 Å². The van der Waals surface area contributed by atoms with Crippen molar-refractivity contribution < 1.29 is 35.9 Å². The first-order valence-corrected chi connectivity index (χ1v) is 11.7. The molecule has 0 bridgehead atoms. The highest BCUT2D eigenvalue weighted by Crippen LogP contribution is 2.38. The number of alkyl halides is 3. The third kappa shape index (κ3) is 4.90. The van der Waals surface area contributed by atoms with E-state index < -0.39 is 40.9 Å². The van der Waals surface area contributed by atoms with E-state index in [1.165, 1.54) is 0 Å². The average molecular weight is 520 g/mol. The maximum atomic E-state index is 14.6. The van der Waals surface area contributed by atoms with Crippen LogP contribution in [0.1, 0.15) is 24.0 Å². The van der Waals surface area contributed by atoms with Gasteiger partial charge in [-0.1, -0.05) is 24.3 Å². The highest BCUT2D eigenvalue weighted by molar-refractivity contribution is 5.90. The van der Waals surface area contributed by atoms with Crippen molar-refractivity contribution in [1.29, 1.82) is 0 Å². The molecular weight excluding hydrogens is 498 g/mol. The number of benzene rings is 3. The van der Waals surface area contributed by atoms with Gasteiger partial charge in [-0.05, 0) is 47.5 Å². The summed E-state index contributed by atoms with van der Waals surface area (Å²) in [6.45, 7) is 1.19. The largest absolute Gasteiger partial charge is 0.441 e. The van der Waals surface area contributed by atoms with Crippen molar-refractivity contribution in [3.05, 3.63) is 89.2 Å². The standard InChI is InChI=1S/C27H22F6N2O2/c28-22-9-8-21(23(29)24(22)30)20-7-6-18(27(31,32)33)14-17(20)15-34-12-10-26(11-13-34)16-35(25(36)37-26)19-4-2-1-3-5-19/h1-9,14H,10-13,15-16H2. The first kappa shape index (κ1) is 25.1. The van der Waals surface area contributed by atoms with Gasteiger partial charge >= 0.3 is 12.3 Å². The van der Waals surface area contributed by atoms with Crippen LogP contribution in [0.15, 0.2) is 60.7 Å². The SMILES string of the molecule is O=C1OC2(CCN(Cc3cc(C(F)(F)F)ccc3-c3ccc(F)c(F)c3F)CC2)CN1c1ccccc1. The minimum absolute atomic E-state index is 0.0180. The lowest BCUT2D eigenvalue weighted by molar-refractivity contribution is -0.137. The van der Waals surface area contributed by atoms with Gasteiger partial charge in [0.05, 0.1) is 12.1 Å². The van der Waals surface area contributed by atoms with Gasteiger partial charge in [0.2, 0.25) is 0 Å². The molecule has 2 heterocycles. The molecule has 3 aromatic rings. The third-order valence-corrected chi connectivity index (χ3v) is 6.96. The van der Waals surface area contributed by atoms with Gasteiger partial charge in [0.25, 0.3) is 0 Å². The van der Waals surface area contributed by atoms with Crippen molar-refractivity contribution in [2.45, 2.75) is 31.2 Å². The molecule has 0 saturated carbocycles. The lowest BCUT2D eigenvalue weighted by Crippen LogP contribution is -2.46. The second kappa shape index (κ2) is 9.41. The van der Waals surface area contributed by atoms with Gasteiger partial charge in [0.1, 0.15) is 5.60 Å². The Hall–Kier alpha value is -3.53. The van der Waals surface area contributed by atoms with Crippen LogP contribution in [0, 0.1) is 17.5 Å². The topological polar surface area (TPSA) is 32.8 Å². The van der Waals surface area contributed by atoms with E-state index in [1.54, 1.807) is 4.90 Å². The quantitative estimate of drug-likeness (QED) is 0.281. The minimum atomic E-state index is -4.63. The Labute approximate surface area is 209 Å². The molecule has 0 aromatic heterocycles. The van der Waals surface area contributed by atoms with E-state index in [4.69, 9.17) is 4.74 Å². The molecular formula is C27H22F6N2O2. The molecule has 0 N–H and O–H groups in total. The van der Waals surface area contributed by atoms with Gasteiger partial charge in [-0.25, -0.2) is 18.0 Å². The van der Waals surface area contributed by atoms with Crippen molar-refractivity contribution in [3.63, 3.8) is 0 Å². The van der Waals surface area contributed by atoms with Gasteiger partial charge in [-0.2, -0.15) is 13.2 Å². The summed E-state index contributed by atoms with van der Waals surface area (Å²) in [6.07, 6.45) is -4.18. The summed E-state index contributed by atoms with van der Waals surface area (Å²) in [5, 5.41) is 0. The lowest BCUT2D eigenvalue weighted by atomic mass is 9.90. The molecule has 0 atom stereocenters. The van der Waals surface area contributed by atoms with Gasteiger partial charge in [0, 0.05) is 43.7 Å². The zero-order chi connectivity index (χ0) is 26.4. The molecule has 5 rings (SSSR count). The van der Waals surface area contributed by atoms with E-state index in [-0.39, 0.29) is 23.2 Å². The number of halogens is 6. The number of carbonyl (C=O) groups excluding carboxylic acids is 1. The maximum absolute atomic E-state index is 14.6. The number of hydrogen-bond donors (Lipinski definition) is 0. The first-order valence-electron chi connectivity index (χ1n) is 11.7. The highest BCUT2D eigenvalue weighted by Gasteiger charge is 2.47. The van der Waals surface area contributed by atoms with Gasteiger partial charge in [0.15, 0.2) is 17.5 Å². The van der Waals surface area contributed by atoms with Crippen LogP contribution in [0.5, 0.6) is 0 Å². The van der Waals surface area contributed by atoms with E-state index in [0.717, 1.165) is 30.3 Å².